The fraction of sp³-hybridized carbons (Fsp3) is 0.387. The lowest BCUT2D eigenvalue weighted by Gasteiger charge is -2.21. The first-order valence-corrected chi connectivity index (χ1v) is 14.6. The summed E-state index contributed by atoms with van der Waals surface area (Å²) in [7, 11) is 4.89. The molecule has 4 heterocycles. The van der Waals surface area contributed by atoms with E-state index in [2.05, 4.69) is 25.6 Å². The number of carbonyl (C=O) groups excluding carboxylic acids is 2. The third-order valence-electron chi connectivity index (χ3n) is 8.17. The maximum Gasteiger partial charge on any atom is 0.257 e. The molecule has 0 saturated carbocycles. The molecule has 44 heavy (non-hydrogen) atoms. The topological polar surface area (TPSA) is 129 Å². The van der Waals surface area contributed by atoms with E-state index >= 15 is 0 Å². The van der Waals surface area contributed by atoms with Crippen LogP contribution in [0.3, 0.4) is 0 Å². The predicted molar refractivity (Wildman–Crippen MR) is 160 cm³/mol. The minimum Gasteiger partial charge on any atom is -0.497 e. The molecule has 13 heteroatoms. The minimum absolute atomic E-state index is 0.0164. The second-order valence-electron chi connectivity index (χ2n) is 11.1. The van der Waals surface area contributed by atoms with Crippen LogP contribution in [-0.4, -0.2) is 93.8 Å². The van der Waals surface area contributed by atoms with Gasteiger partial charge >= 0.3 is 0 Å². The van der Waals surface area contributed by atoms with Gasteiger partial charge in [-0.3, -0.25) is 14.5 Å². The number of nitrogens with zero attached hydrogens (tertiary/aromatic N) is 7. The van der Waals surface area contributed by atoms with E-state index in [4.69, 9.17) is 14.2 Å². The van der Waals surface area contributed by atoms with E-state index in [0.717, 1.165) is 17.0 Å². The Morgan fingerprint density at radius 2 is 1.98 bits per heavy atom. The van der Waals surface area contributed by atoms with Gasteiger partial charge in [0.05, 0.1) is 37.7 Å². The van der Waals surface area contributed by atoms with E-state index in [9.17, 15) is 9.59 Å². The number of ether oxygens (including phenoxy) is 3. The molecule has 0 spiro atoms. The molecule has 230 valence electrons. The summed E-state index contributed by atoms with van der Waals surface area (Å²) in [6.45, 7) is 2.76. The van der Waals surface area contributed by atoms with E-state index < -0.39 is 0 Å². The third kappa shape index (κ3) is 6.09. The number of likely N-dealkylation sites (tertiary alicyclic amines) is 1. The highest BCUT2D eigenvalue weighted by atomic mass is 16.5. The van der Waals surface area contributed by atoms with Crippen molar-refractivity contribution in [2.45, 2.75) is 25.6 Å². The lowest BCUT2D eigenvalue weighted by atomic mass is 9.99. The molecule has 1 N–H and O–H groups in total. The molecule has 2 aliphatic heterocycles. The molecule has 0 aliphatic carbocycles. The maximum absolute atomic E-state index is 13.3. The summed E-state index contributed by atoms with van der Waals surface area (Å²) in [5.41, 5.74) is 3.00. The highest BCUT2D eigenvalue weighted by molar-refractivity contribution is 5.97. The number of fused-ring (bicyclic) bond motifs is 5. The summed E-state index contributed by atoms with van der Waals surface area (Å²) in [5, 5.41) is 16.3. The van der Waals surface area contributed by atoms with Crippen LogP contribution in [0, 0.1) is 5.92 Å². The van der Waals surface area contributed by atoms with Crippen LogP contribution in [0.15, 0.2) is 61.1 Å². The van der Waals surface area contributed by atoms with Crippen LogP contribution in [0.5, 0.6) is 17.2 Å². The first-order valence-electron chi connectivity index (χ1n) is 14.6. The molecule has 6 rings (SSSR count). The first-order chi connectivity index (χ1) is 21.4. The van der Waals surface area contributed by atoms with Crippen LogP contribution in [0.2, 0.25) is 0 Å². The van der Waals surface area contributed by atoms with Gasteiger partial charge in [-0.15, -0.1) is 5.10 Å². The fourth-order valence-corrected chi connectivity index (χ4v) is 5.92. The predicted octanol–water partition coefficient (Wildman–Crippen LogP) is 2.33. The van der Waals surface area contributed by atoms with Gasteiger partial charge < -0.3 is 24.4 Å². The van der Waals surface area contributed by atoms with Gasteiger partial charge in [0.2, 0.25) is 5.91 Å². The molecule has 0 radical (unpaired) electrons. The van der Waals surface area contributed by atoms with Crippen molar-refractivity contribution in [3.63, 3.8) is 0 Å². The Balaban J connectivity index is 1.28. The first kappa shape index (κ1) is 29.2. The van der Waals surface area contributed by atoms with E-state index in [0.29, 0.717) is 61.9 Å². The van der Waals surface area contributed by atoms with Crippen molar-refractivity contribution in [1.82, 2.24) is 39.9 Å². The van der Waals surface area contributed by atoms with Gasteiger partial charge in [0.15, 0.2) is 11.5 Å². The fourth-order valence-electron chi connectivity index (χ4n) is 5.92. The molecule has 1 saturated heterocycles. The SMILES string of the molecule is COc1ccc(-n2cccn2)c(CN2C[C@H]3CC(=O)NCCN(C)C(=O)c4cccc(OC)c4OCc4cn(nn4)[C@H]3C2)c1. The smallest absolute Gasteiger partial charge is 0.257 e. The standard InChI is InChI=1S/C31H36N8O5/c1-36-13-11-32-29(40)15-22-17-37(16-21-14-24(42-2)8-9-26(21)38-12-5-10-33-38)19-27(22)39-18-23(34-35-39)20-44-30-25(31(36)41)6-4-7-28(30)43-3/h4-10,12,14,18,22,27H,11,13,15-17,19-20H2,1-3H3,(H,32,40)/t22-,27+/m1/s1. The average Bonchev–Trinajstić information content (AvgIpc) is 3.81. The van der Waals surface area contributed by atoms with Crippen molar-refractivity contribution < 1.29 is 23.8 Å². The molecule has 2 atom stereocenters. The Hall–Kier alpha value is -4.91. The number of methoxy groups -OCH3 is 2. The zero-order valence-electron chi connectivity index (χ0n) is 25.0. The van der Waals surface area contributed by atoms with E-state index in [1.165, 1.54) is 7.11 Å². The van der Waals surface area contributed by atoms with Crippen molar-refractivity contribution >= 4 is 11.8 Å². The summed E-state index contributed by atoms with van der Waals surface area (Å²) < 4.78 is 20.8. The van der Waals surface area contributed by atoms with E-state index in [1.54, 1.807) is 43.5 Å². The lowest BCUT2D eigenvalue weighted by Crippen LogP contribution is -2.37. The second-order valence-corrected chi connectivity index (χ2v) is 11.1. The number of hydrogen-bond donors (Lipinski definition) is 1. The van der Waals surface area contributed by atoms with E-state index in [1.807, 2.05) is 46.0 Å². The summed E-state index contributed by atoms with van der Waals surface area (Å²) in [4.78, 5) is 30.4. The van der Waals surface area contributed by atoms with Crippen LogP contribution in [0.25, 0.3) is 5.69 Å². The molecule has 13 nitrogen and oxygen atoms in total. The number of carbonyl (C=O) groups is 2. The van der Waals surface area contributed by atoms with Gasteiger partial charge in [-0.2, -0.15) is 5.10 Å². The zero-order chi connectivity index (χ0) is 30.6. The van der Waals surface area contributed by atoms with Crippen LogP contribution in [0.4, 0.5) is 0 Å². The van der Waals surface area contributed by atoms with Gasteiger partial charge in [-0.1, -0.05) is 11.3 Å². The normalized spacial score (nSPS) is 19.6. The van der Waals surface area contributed by atoms with Crippen molar-refractivity contribution in [2.24, 2.45) is 5.92 Å². The summed E-state index contributed by atoms with van der Waals surface area (Å²) >= 11 is 0. The zero-order valence-corrected chi connectivity index (χ0v) is 25.0. The Morgan fingerprint density at radius 3 is 2.77 bits per heavy atom. The van der Waals surface area contributed by atoms with Gasteiger partial charge in [-0.25, -0.2) is 9.36 Å². The Kier molecular flexibility index (Phi) is 8.46. The maximum atomic E-state index is 13.3. The van der Waals surface area contributed by atoms with Crippen molar-refractivity contribution in [1.29, 1.82) is 0 Å². The van der Waals surface area contributed by atoms with Crippen LogP contribution >= 0.6 is 0 Å². The highest BCUT2D eigenvalue weighted by Gasteiger charge is 2.37. The monoisotopic (exact) mass is 600 g/mol. The molecule has 2 bridgehead atoms. The summed E-state index contributed by atoms with van der Waals surface area (Å²) in [5.74, 6) is 1.24. The second kappa shape index (κ2) is 12.8. The molecule has 0 unspecified atom stereocenters. The number of benzene rings is 2. The number of likely N-dealkylation sites (N-methyl/N-ethyl adjacent to an activating group) is 1. The molecule has 4 aromatic rings. The van der Waals surface area contributed by atoms with Crippen LogP contribution < -0.4 is 19.5 Å². The average molecular weight is 601 g/mol. The van der Waals surface area contributed by atoms with Gasteiger partial charge in [0.1, 0.15) is 18.1 Å². The summed E-state index contributed by atoms with van der Waals surface area (Å²) in [6, 6.07) is 13.0. The summed E-state index contributed by atoms with van der Waals surface area (Å²) in [6.07, 6.45) is 5.84. The largest absolute Gasteiger partial charge is 0.497 e. The van der Waals surface area contributed by atoms with Gasteiger partial charge in [0.25, 0.3) is 5.91 Å². The van der Waals surface area contributed by atoms with Gasteiger partial charge in [-0.05, 0) is 42.0 Å². The number of aromatic nitrogens is 5. The van der Waals surface area contributed by atoms with E-state index in [-0.39, 0.29) is 30.4 Å². The van der Waals surface area contributed by atoms with Crippen molar-refractivity contribution in [3.05, 3.63) is 77.9 Å². The number of rotatable bonds is 5. The quantitative estimate of drug-likeness (QED) is 0.367. The molecule has 1 fully saturated rings. The molecule has 2 aromatic heterocycles. The molecular weight excluding hydrogens is 564 g/mol. The number of hydrogen-bond acceptors (Lipinski definition) is 9. The number of amides is 2. The third-order valence-corrected chi connectivity index (χ3v) is 8.17. The molecule has 2 amide bonds. The lowest BCUT2D eigenvalue weighted by molar-refractivity contribution is -0.122. The Bertz CT molecular complexity index is 1620. The number of para-hydroxylation sites is 1. The highest BCUT2D eigenvalue weighted by Crippen LogP contribution is 2.34. The van der Waals surface area contributed by atoms with Crippen LogP contribution in [0.1, 0.15) is 34.1 Å². The van der Waals surface area contributed by atoms with Crippen molar-refractivity contribution in [2.75, 3.05) is 47.4 Å². The number of nitrogens with one attached hydrogen (secondary N) is 1. The van der Waals surface area contributed by atoms with Crippen LogP contribution in [-0.2, 0) is 17.9 Å². The van der Waals surface area contributed by atoms with Gasteiger partial charge in [0, 0.05) is 64.5 Å². The molecule has 2 aliphatic rings. The van der Waals surface area contributed by atoms with Crippen molar-refractivity contribution in [3.8, 4) is 22.9 Å². The molecule has 2 aromatic carbocycles. The minimum atomic E-state index is -0.234. The Labute approximate surface area is 255 Å². The molecular formula is C31H36N8O5. The Morgan fingerprint density at radius 1 is 1.09 bits per heavy atom.